The van der Waals surface area contributed by atoms with Crippen LogP contribution >= 0.6 is 0 Å². The van der Waals surface area contributed by atoms with E-state index in [4.69, 9.17) is 10.5 Å². The van der Waals surface area contributed by atoms with Crippen molar-refractivity contribution in [3.8, 4) is 0 Å². The summed E-state index contributed by atoms with van der Waals surface area (Å²) in [6, 6.07) is 1.80. The Hall–Kier alpha value is -2.32. The third kappa shape index (κ3) is 2.15. The fourth-order valence-corrected chi connectivity index (χ4v) is 2.08. The Morgan fingerprint density at radius 3 is 3.05 bits per heavy atom. The van der Waals surface area contributed by atoms with Gasteiger partial charge in [-0.1, -0.05) is 0 Å². The molecule has 8 heteroatoms. The van der Waals surface area contributed by atoms with Crippen LogP contribution in [0.5, 0.6) is 0 Å². The number of anilines is 1. The Labute approximate surface area is 114 Å². The normalized spacial score (nSPS) is 13.1. The second-order valence-corrected chi connectivity index (χ2v) is 4.47. The predicted molar refractivity (Wildman–Crippen MR) is 72.9 cm³/mol. The summed E-state index contributed by atoms with van der Waals surface area (Å²) in [7, 11) is 1.54. The number of hydrogen-bond donors (Lipinski definition) is 2. The zero-order chi connectivity index (χ0) is 14.1. The third-order valence-corrected chi connectivity index (χ3v) is 2.99. The largest absolute Gasteiger partial charge is 0.389 e. The van der Waals surface area contributed by atoms with E-state index in [2.05, 4.69) is 19.9 Å². The summed E-state index contributed by atoms with van der Waals surface area (Å²) < 4.78 is 6.67. The molecule has 0 radical (unpaired) electrons. The number of fused-ring (bicyclic) bond motifs is 2. The number of imidazole rings is 1. The summed E-state index contributed by atoms with van der Waals surface area (Å²) in [4.78, 5) is 16.7. The molecular formula is C12H14N6O2. The molecule has 3 aromatic heterocycles. The minimum Gasteiger partial charge on any atom is -0.389 e. The van der Waals surface area contributed by atoms with Crippen LogP contribution in [-0.2, 0) is 11.3 Å². The van der Waals surface area contributed by atoms with Crippen LogP contribution in [0.1, 0.15) is 0 Å². The smallest absolute Gasteiger partial charge is 0.167 e. The minimum absolute atomic E-state index is 0.252. The zero-order valence-corrected chi connectivity index (χ0v) is 10.9. The molecule has 0 bridgehead atoms. The van der Waals surface area contributed by atoms with E-state index < -0.39 is 6.10 Å². The summed E-state index contributed by atoms with van der Waals surface area (Å²) in [6.45, 7) is 0.603. The van der Waals surface area contributed by atoms with Gasteiger partial charge in [-0.25, -0.2) is 19.9 Å². The molecule has 8 nitrogen and oxygen atoms in total. The molecule has 1 atom stereocenters. The highest BCUT2D eigenvalue weighted by molar-refractivity contribution is 5.93. The lowest BCUT2D eigenvalue weighted by Crippen LogP contribution is -2.20. The van der Waals surface area contributed by atoms with Crippen LogP contribution in [0.4, 0.5) is 5.82 Å². The average Bonchev–Trinajstić information content (AvgIpc) is 2.80. The summed E-state index contributed by atoms with van der Waals surface area (Å²) in [6.07, 6.45) is 2.38. The molecule has 0 fully saturated rings. The van der Waals surface area contributed by atoms with E-state index in [1.165, 1.54) is 6.33 Å². The fraction of sp³-hybridized carbons (Fsp3) is 0.333. The van der Waals surface area contributed by atoms with Crippen LogP contribution in [0.25, 0.3) is 22.2 Å². The first-order valence-electron chi connectivity index (χ1n) is 6.08. The van der Waals surface area contributed by atoms with Gasteiger partial charge in [-0.05, 0) is 6.07 Å². The van der Waals surface area contributed by atoms with Crippen LogP contribution in [0, 0.1) is 0 Å². The van der Waals surface area contributed by atoms with Crippen molar-refractivity contribution < 1.29 is 9.84 Å². The Morgan fingerprint density at radius 1 is 1.40 bits per heavy atom. The molecule has 0 aromatic carbocycles. The molecule has 0 amide bonds. The number of pyridine rings is 1. The molecule has 0 aliphatic rings. The predicted octanol–water partition coefficient (Wildman–Crippen LogP) is -0.0360. The topological polar surface area (TPSA) is 112 Å². The maximum atomic E-state index is 9.79. The van der Waals surface area contributed by atoms with Crippen molar-refractivity contribution in [3.05, 3.63) is 18.7 Å². The number of nitrogens with two attached hydrogens (primary N) is 1. The minimum atomic E-state index is -0.620. The number of aromatic nitrogens is 5. The van der Waals surface area contributed by atoms with Gasteiger partial charge in [0.15, 0.2) is 11.3 Å². The number of nitrogens with zero attached hydrogens (tertiary/aromatic N) is 5. The SMILES string of the molecule is COC[C@H](O)Cn1cnc2cc3c(N)ncnc3nc21. The molecule has 3 aromatic rings. The van der Waals surface area contributed by atoms with Crippen LogP contribution in [0.2, 0.25) is 0 Å². The molecule has 0 unspecified atom stereocenters. The van der Waals surface area contributed by atoms with Gasteiger partial charge in [0, 0.05) is 7.11 Å². The van der Waals surface area contributed by atoms with Gasteiger partial charge in [0.1, 0.15) is 17.7 Å². The average molecular weight is 274 g/mol. The summed E-state index contributed by atoms with van der Waals surface area (Å²) >= 11 is 0. The van der Waals surface area contributed by atoms with Crippen molar-refractivity contribution in [2.75, 3.05) is 19.5 Å². The van der Waals surface area contributed by atoms with E-state index in [-0.39, 0.29) is 6.61 Å². The Kier molecular flexibility index (Phi) is 3.17. The van der Waals surface area contributed by atoms with Gasteiger partial charge in [0.25, 0.3) is 0 Å². The van der Waals surface area contributed by atoms with Gasteiger partial charge in [-0.2, -0.15) is 0 Å². The number of methoxy groups -OCH3 is 1. The van der Waals surface area contributed by atoms with Crippen molar-refractivity contribution in [1.82, 2.24) is 24.5 Å². The number of nitrogen functional groups attached to an aromatic ring is 1. The highest BCUT2D eigenvalue weighted by Crippen LogP contribution is 2.20. The molecule has 104 valence electrons. The van der Waals surface area contributed by atoms with Crippen molar-refractivity contribution in [3.63, 3.8) is 0 Å². The van der Waals surface area contributed by atoms with Gasteiger partial charge < -0.3 is 20.1 Å². The molecule has 0 saturated carbocycles. The summed E-state index contributed by atoms with van der Waals surface area (Å²) in [5, 5.41) is 10.5. The molecule has 0 aliphatic heterocycles. The van der Waals surface area contributed by atoms with Crippen LogP contribution < -0.4 is 5.73 Å². The molecular weight excluding hydrogens is 260 g/mol. The molecule has 20 heavy (non-hydrogen) atoms. The monoisotopic (exact) mass is 274 g/mol. The van der Waals surface area contributed by atoms with Crippen LogP contribution in [0.3, 0.4) is 0 Å². The van der Waals surface area contributed by atoms with Crippen molar-refractivity contribution in [2.45, 2.75) is 12.6 Å². The molecule has 0 saturated heterocycles. The van der Waals surface area contributed by atoms with Gasteiger partial charge >= 0.3 is 0 Å². The lowest BCUT2D eigenvalue weighted by molar-refractivity contribution is 0.0543. The summed E-state index contributed by atoms with van der Waals surface area (Å²) in [5.41, 5.74) is 7.63. The first-order valence-corrected chi connectivity index (χ1v) is 6.08. The molecule has 3 N–H and O–H groups in total. The van der Waals surface area contributed by atoms with Crippen molar-refractivity contribution in [2.24, 2.45) is 0 Å². The molecule has 3 rings (SSSR count). The second-order valence-electron chi connectivity index (χ2n) is 4.47. The van der Waals surface area contributed by atoms with E-state index in [0.717, 1.165) is 0 Å². The van der Waals surface area contributed by atoms with E-state index in [9.17, 15) is 5.11 Å². The van der Waals surface area contributed by atoms with Crippen molar-refractivity contribution in [1.29, 1.82) is 0 Å². The number of aliphatic hydroxyl groups excluding tert-OH is 1. The molecule has 0 spiro atoms. The van der Waals surface area contributed by atoms with E-state index >= 15 is 0 Å². The first-order chi connectivity index (χ1) is 9.69. The number of ether oxygens (including phenoxy) is 1. The Morgan fingerprint density at radius 2 is 2.25 bits per heavy atom. The lowest BCUT2D eigenvalue weighted by atomic mass is 10.3. The highest BCUT2D eigenvalue weighted by atomic mass is 16.5. The van der Waals surface area contributed by atoms with E-state index in [1.54, 1.807) is 24.1 Å². The fourth-order valence-electron chi connectivity index (χ4n) is 2.08. The van der Waals surface area contributed by atoms with Gasteiger partial charge in [0.2, 0.25) is 0 Å². The first kappa shape index (κ1) is 12.7. The lowest BCUT2D eigenvalue weighted by Gasteiger charge is -2.10. The van der Waals surface area contributed by atoms with Gasteiger partial charge in [-0.3, -0.25) is 0 Å². The standard InChI is InChI=1S/C12H14N6O2/c1-20-4-7(19)3-18-6-16-9-2-8-10(13)14-5-15-11(8)17-12(9)18/h2,5-7,19H,3-4H2,1H3,(H2,13,14,15,17)/t7-/m1/s1. The Bertz CT molecular complexity index is 756. The Balaban J connectivity index is 2.08. The maximum absolute atomic E-state index is 9.79. The number of rotatable bonds is 4. The third-order valence-electron chi connectivity index (χ3n) is 2.99. The van der Waals surface area contributed by atoms with Crippen LogP contribution in [0.15, 0.2) is 18.7 Å². The number of hydrogen-bond acceptors (Lipinski definition) is 7. The molecule has 3 heterocycles. The number of aliphatic hydroxyl groups is 1. The quantitative estimate of drug-likeness (QED) is 0.686. The zero-order valence-electron chi connectivity index (χ0n) is 10.9. The van der Waals surface area contributed by atoms with E-state index in [1.807, 2.05) is 0 Å². The van der Waals surface area contributed by atoms with Crippen LogP contribution in [-0.4, -0.2) is 49.4 Å². The highest BCUT2D eigenvalue weighted by Gasteiger charge is 2.12. The molecule has 0 aliphatic carbocycles. The second kappa shape index (κ2) is 4.99. The van der Waals surface area contributed by atoms with Gasteiger partial charge in [0.05, 0.1) is 31.0 Å². The van der Waals surface area contributed by atoms with E-state index in [0.29, 0.717) is 34.6 Å². The van der Waals surface area contributed by atoms with Crippen molar-refractivity contribution >= 4 is 28.0 Å². The summed E-state index contributed by atoms with van der Waals surface area (Å²) in [5.74, 6) is 0.373. The maximum Gasteiger partial charge on any atom is 0.167 e. The van der Waals surface area contributed by atoms with Gasteiger partial charge in [-0.15, -0.1) is 0 Å².